The predicted molar refractivity (Wildman–Crippen MR) is 68.1 cm³/mol. The molecule has 3 rings (SSSR count). The van der Waals surface area contributed by atoms with E-state index in [1.54, 1.807) is 6.07 Å². The summed E-state index contributed by atoms with van der Waals surface area (Å²) in [4.78, 5) is 12.6. The molecular weight excluding hydrogens is 250 g/mol. The Balaban J connectivity index is 2.07. The minimum absolute atomic E-state index is 0.0804. The summed E-state index contributed by atoms with van der Waals surface area (Å²) in [6, 6.07) is 3.52. The molecule has 1 aromatic heterocycles. The Kier molecular flexibility index (Phi) is 2.79. The van der Waals surface area contributed by atoms with Crippen LogP contribution in [0.15, 0.2) is 16.8 Å². The maximum absolute atomic E-state index is 10.9. The van der Waals surface area contributed by atoms with E-state index in [9.17, 15) is 10.1 Å². The van der Waals surface area contributed by atoms with Gasteiger partial charge in [-0.3, -0.25) is 10.1 Å². The number of hydrogen-bond acceptors (Lipinski definition) is 7. The average molecular weight is 263 g/mol. The highest BCUT2D eigenvalue weighted by molar-refractivity contribution is 5.93. The molecular formula is C11H13N5O3. The molecule has 0 spiro atoms. The van der Waals surface area contributed by atoms with Crippen LogP contribution in [0.5, 0.6) is 0 Å². The Morgan fingerprint density at radius 1 is 1.47 bits per heavy atom. The van der Waals surface area contributed by atoms with Crippen molar-refractivity contribution in [3.05, 3.63) is 22.2 Å². The average Bonchev–Trinajstić information content (AvgIpc) is 2.86. The van der Waals surface area contributed by atoms with Gasteiger partial charge in [0, 0.05) is 31.7 Å². The minimum atomic E-state index is -0.475. The molecule has 19 heavy (non-hydrogen) atoms. The van der Waals surface area contributed by atoms with Crippen LogP contribution in [0.2, 0.25) is 0 Å². The minimum Gasteiger partial charge on any atom is -0.367 e. The Morgan fingerprint density at radius 3 is 3.00 bits per heavy atom. The van der Waals surface area contributed by atoms with Crippen molar-refractivity contribution in [2.75, 3.05) is 24.5 Å². The van der Waals surface area contributed by atoms with Crippen LogP contribution in [0.25, 0.3) is 11.0 Å². The van der Waals surface area contributed by atoms with Crippen LogP contribution in [0.1, 0.15) is 6.92 Å². The number of fused-ring (bicyclic) bond motifs is 1. The molecule has 1 saturated heterocycles. The normalized spacial score (nSPS) is 19.8. The number of nitrogens with one attached hydrogen (secondary N) is 1. The summed E-state index contributed by atoms with van der Waals surface area (Å²) in [5, 5.41) is 21.7. The van der Waals surface area contributed by atoms with E-state index in [4.69, 9.17) is 0 Å². The zero-order valence-electron chi connectivity index (χ0n) is 10.4. The largest absolute Gasteiger partial charge is 0.367 e. The number of anilines is 1. The van der Waals surface area contributed by atoms with Gasteiger partial charge in [0.15, 0.2) is 5.52 Å². The van der Waals surface area contributed by atoms with Crippen LogP contribution >= 0.6 is 0 Å². The number of hydrogen-bond donors (Lipinski definition) is 1. The topological polar surface area (TPSA) is 97.3 Å². The van der Waals surface area contributed by atoms with Gasteiger partial charge in [0.1, 0.15) is 0 Å². The fraction of sp³-hybridized carbons (Fsp3) is 0.455. The van der Waals surface area contributed by atoms with Gasteiger partial charge in [-0.1, -0.05) is 0 Å². The Morgan fingerprint density at radius 2 is 2.26 bits per heavy atom. The van der Waals surface area contributed by atoms with Gasteiger partial charge in [-0.15, -0.1) is 0 Å². The van der Waals surface area contributed by atoms with Crippen molar-refractivity contribution in [1.82, 2.24) is 15.6 Å². The molecule has 1 N–H and O–H groups in total. The second-order valence-corrected chi connectivity index (χ2v) is 4.62. The van der Waals surface area contributed by atoms with Crippen LogP contribution in [-0.2, 0) is 0 Å². The number of benzene rings is 1. The van der Waals surface area contributed by atoms with Crippen molar-refractivity contribution in [3.63, 3.8) is 0 Å². The SMILES string of the molecule is CC1CN(c2ccc([N+](=O)[O-])c3nonc23)CCN1. The number of aromatic nitrogens is 2. The van der Waals surface area contributed by atoms with E-state index >= 15 is 0 Å². The number of nitrogens with zero attached hydrogens (tertiary/aromatic N) is 4. The third-order valence-electron chi connectivity index (χ3n) is 3.28. The number of piperazine rings is 1. The number of nitro groups is 1. The summed E-state index contributed by atoms with van der Waals surface area (Å²) < 4.78 is 4.67. The Labute approximate surface area is 108 Å². The predicted octanol–water partition coefficient (Wildman–Crippen LogP) is 0.929. The van der Waals surface area contributed by atoms with E-state index in [0.29, 0.717) is 11.6 Å². The van der Waals surface area contributed by atoms with Gasteiger partial charge < -0.3 is 10.2 Å². The van der Waals surface area contributed by atoms with Crippen molar-refractivity contribution >= 4 is 22.4 Å². The first-order valence-corrected chi connectivity index (χ1v) is 6.05. The molecule has 1 aliphatic rings. The third-order valence-corrected chi connectivity index (χ3v) is 3.28. The van der Waals surface area contributed by atoms with Gasteiger partial charge >= 0.3 is 5.69 Å². The lowest BCUT2D eigenvalue weighted by Gasteiger charge is -2.33. The molecule has 1 unspecified atom stereocenters. The zero-order chi connectivity index (χ0) is 13.4. The van der Waals surface area contributed by atoms with E-state index in [2.05, 4.69) is 32.1 Å². The van der Waals surface area contributed by atoms with E-state index < -0.39 is 4.92 Å². The van der Waals surface area contributed by atoms with Crippen LogP contribution in [0.4, 0.5) is 11.4 Å². The Bertz CT molecular complexity index is 626. The van der Waals surface area contributed by atoms with E-state index in [0.717, 1.165) is 25.3 Å². The highest BCUT2D eigenvalue weighted by Crippen LogP contribution is 2.31. The molecule has 1 aliphatic heterocycles. The van der Waals surface area contributed by atoms with Gasteiger partial charge in [0.05, 0.1) is 10.6 Å². The molecule has 0 saturated carbocycles. The lowest BCUT2D eigenvalue weighted by molar-refractivity contribution is -0.383. The summed E-state index contributed by atoms with van der Waals surface area (Å²) in [6.07, 6.45) is 0. The molecule has 8 heteroatoms. The van der Waals surface area contributed by atoms with Crippen LogP contribution in [0.3, 0.4) is 0 Å². The van der Waals surface area contributed by atoms with Crippen LogP contribution < -0.4 is 10.2 Å². The van der Waals surface area contributed by atoms with Gasteiger partial charge in [-0.2, -0.15) is 0 Å². The first-order chi connectivity index (χ1) is 9.16. The lowest BCUT2D eigenvalue weighted by Crippen LogP contribution is -2.49. The van der Waals surface area contributed by atoms with E-state index in [-0.39, 0.29) is 11.2 Å². The maximum atomic E-state index is 10.9. The first kappa shape index (κ1) is 11.8. The van der Waals surface area contributed by atoms with Crippen molar-refractivity contribution < 1.29 is 9.55 Å². The molecule has 0 amide bonds. The second kappa shape index (κ2) is 4.47. The van der Waals surface area contributed by atoms with Crippen molar-refractivity contribution in [2.45, 2.75) is 13.0 Å². The molecule has 2 aromatic rings. The summed E-state index contributed by atoms with van der Waals surface area (Å²) >= 11 is 0. The molecule has 2 heterocycles. The fourth-order valence-electron chi connectivity index (χ4n) is 2.39. The second-order valence-electron chi connectivity index (χ2n) is 4.62. The summed E-state index contributed by atoms with van der Waals surface area (Å²) in [7, 11) is 0. The molecule has 0 aliphatic carbocycles. The summed E-state index contributed by atoms with van der Waals surface area (Å²) in [6.45, 7) is 4.60. The molecule has 0 bridgehead atoms. The quantitative estimate of drug-likeness (QED) is 0.635. The zero-order valence-corrected chi connectivity index (χ0v) is 10.4. The van der Waals surface area contributed by atoms with Gasteiger partial charge in [-0.05, 0) is 23.3 Å². The third kappa shape index (κ3) is 1.99. The summed E-state index contributed by atoms with van der Waals surface area (Å²) in [5.74, 6) is 0. The fourth-order valence-corrected chi connectivity index (χ4v) is 2.39. The lowest BCUT2D eigenvalue weighted by atomic mass is 10.1. The van der Waals surface area contributed by atoms with Gasteiger partial charge in [0.2, 0.25) is 5.52 Å². The molecule has 8 nitrogen and oxygen atoms in total. The summed E-state index contributed by atoms with van der Waals surface area (Å²) in [5.41, 5.74) is 1.40. The standard InChI is InChI=1S/C11H13N5O3/c1-7-6-15(5-4-12-7)8-2-3-9(16(17)18)11-10(8)13-19-14-11/h2-3,7,12H,4-6H2,1H3. The molecule has 100 valence electrons. The highest BCUT2D eigenvalue weighted by atomic mass is 16.6. The first-order valence-electron chi connectivity index (χ1n) is 6.05. The van der Waals surface area contributed by atoms with Crippen molar-refractivity contribution in [2.24, 2.45) is 0 Å². The molecule has 1 aromatic carbocycles. The number of non-ortho nitro benzene ring substituents is 1. The number of rotatable bonds is 2. The number of nitro benzene ring substituents is 1. The van der Waals surface area contributed by atoms with Crippen molar-refractivity contribution in [1.29, 1.82) is 0 Å². The van der Waals surface area contributed by atoms with Gasteiger partial charge in [0.25, 0.3) is 0 Å². The molecule has 1 fully saturated rings. The molecule has 1 atom stereocenters. The smallest absolute Gasteiger partial charge is 0.300 e. The maximum Gasteiger partial charge on any atom is 0.300 e. The van der Waals surface area contributed by atoms with Crippen LogP contribution in [-0.4, -0.2) is 40.9 Å². The Hall–Kier alpha value is -2.22. The van der Waals surface area contributed by atoms with Gasteiger partial charge in [-0.25, -0.2) is 4.63 Å². The van der Waals surface area contributed by atoms with E-state index in [1.807, 2.05) is 0 Å². The molecule has 0 radical (unpaired) electrons. The van der Waals surface area contributed by atoms with Crippen molar-refractivity contribution in [3.8, 4) is 0 Å². The monoisotopic (exact) mass is 263 g/mol. The highest BCUT2D eigenvalue weighted by Gasteiger charge is 2.24. The van der Waals surface area contributed by atoms with E-state index in [1.165, 1.54) is 6.07 Å². The van der Waals surface area contributed by atoms with Crippen LogP contribution in [0, 0.1) is 10.1 Å².